The Kier molecular flexibility index (Phi) is 19.7. The van der Waals surface area contributed by atoms with E-state index in [1.54, 1.807) is 28.4 Å². The standard InChI is InChI=1S/C19H42O6Si/c1-20-15-16-25-18-17-24-14-12-10-8-6-5-7-9-11-13-19-26(21-2,22-3)23-4/h5-19H2,1-4H3. The van der Waals surface area contributed by atoms with E-state index in [2.05, 4.69) is 0 Å². The van der Waals surface area contributed by atoms with Gasteiger partial charge >= 0.3 is 8.80 Å². The molecule has 0 N–H and O–H groups in total. The maximum atomic E-state index is 5.55. The third kappa shape index (κ3) is 15.1. The summed E-state index contributed by atoms with van der Waals surface area (Å²) in [4.78, 5) is 0. The first kappa shape index (κ1) is 26.0. The number of rotatable bonds is 21. The highest BCUT2D eigenvalue weighted by molar-refractivity contribution is 6.60. The van der Waals surface area contributed by atoms with Crippen LogP contribution in [0.25, 0.3) is 0 Å². The molecular weight excluding hydrogens is 352 g/mol. The van der Waals surface area contributed by atoms with Gasteiger partial charge in [-0.25, -0.2) is 0 Å². The zero-order valence-electron chi connectivity index (χ0n) is 17.6. The predicted octanol–water partition coefficient (Wildman–Crippen LogP) is 4.06. The van der Waals surface area contributed by atoms with E-state index in [1.165, 1.54) is 44.9 Å². The summed E-state index contributed by atoms with van der Waals surface area (Å²) >= 11 is 0. The van der Waals surface area contributed by atoms with Gasteiger partial charge in [0.15, 0.2) is 0 Å². The molecule has 0 atom stereocenters. The SMILES string of the molecule is COCCOCCOCCCCCCCCCCC[Si](OC)(OC)OC. The molecule has 0 aromatic rings. The molecule has 0 aliphatic rings. The van der Waals surface area contributed by atoms with Gasteiger partial charge in [0.05, 0.1) is 26.4 Å². The van der Waals surface area contributed by atoms with Crippen LogP contribution in [0.1, 0.15) is 57.8 Å². The van der Waals surface area contributed by atoms with Crippen LogP contribution in [-0.2, 0) is 27.5 Å². The summed E-state index contributed by atoms with van der Waals surface area (Å²) in [6, 6.07) is 0.911. The minimum atomic E-state index is -2.35. The van der Waals surface area contributed by atoms with Crippen LogP contribution < -0.4 is 0 Å². The molecule has 26 heavy (non-hydrogen) atoms. The Labute approximate surface area is 162 Å². The number of ether oxygens (including phenoxy) is 3. The van der Waals surface area contributed by atoms with Crippen molar-refractivity contribution in [2.75, 3.05) is 61.5 Å². The summed E-state index contributed by atoms with van der Waals surface area (Å²) in [5.74, 6) is 0. The normalized spacial score (nSPS) is 12.0. The zero-order chi connectivity index (χ0) is 19.3. The average Bonchev–Trinajstić information content (AvgIpc) is 2.68. The van der Waals surface area contributed by atoms with Crippen LogP contribution >= 0.6 is 0 Å². The largest absolute Gasteiger partial charge is 0.500 e. The van der Waals surface area contributed by atoms with Gasteiger partial charge in [-0.05, 0) is 12.8 Å². The zero-order valence-corrected chi connectivity index (χ0v) is 18.6. The number of hydrogen-bond donors (Lipinski definition) is 0. The highest BCUT2D eigenvalue weighted by Gasteiger charge is 2.36. The molecule has 0 aromatic heterocycles. The molecule has 0 rings (SSSR count). The van der Waals surface area contributed by atoms with Crippen LogP contribution in [0.2, 0.25) is 6.04 Å². The lowest BCUT2D eigenvalue weighted by Crippen LogP contribution is -2.42. The second-order valence-corrected chi connectivity index (χ2v) is 9.54. The number of unbranched alkanes of at least 4 members (excludes halogenated alkanes) is 8. The van der Waals surface area contributed by atoms with Gasteiger partial charge in [0, 0.05) is 41.1 Å². The van der Waals surface area contributed by atoms with E-state index < -0.39 is 8.80 Å². The van der Waals surface area contributed by atoms with E-state index in [1.807, 2.05) is 0 Å². The van der Waals surface area contributed by atoms with Crippen molar-refractivity contribution >= 4 is 8.80 Å². The van der Waals surface area contributed by atoms with Crippen molar-refractivity contribution in [2.45, 2.75) is 63.8 Å². The van der Waals surface area contributed by atoms with Crippen molar-refractivity contribution < 1.29 is 27.5 Å². The minimum Gasteiger partial charge on any atom is -0.382 e. The van der Waals surface area contributed by atoms with Crippen LogP contribution in [0.4, 0.5) is 0 Å². The topological polar surface area (TPSA) is 55.4 Å². The van der Waals surface area contributed by atoms with E-state index in [-0.39, 0.29) is 0 Å². The lowest BCUT2D eigenvalue weighted by molar-refractivity contribution is 0.0239. The van der Waals surface area contributed by atoms with E-state index >= 15 is 0 Å². The average molecular weight is 395 g/mol. The van der Waals surface area contributed by atoms with Gasteiger partial charge in [0.2, 0.25) is 0 Å². The van der Waals surface area contributed by atoms with Gasteiger partial charge in [0.25, 0.3) is 0 Å². The lowest BCUT2D eigenvalue weighted by Gasteiger charge is -2.24. The third-order valence-corrected chi connectivity index (χ3v) is 7.34. The van der Waals surface area contributed by atoms with E-state index in [4.69, 9.17) is 27.5 Å². The Balaban J connectivity index is 3.20. The van der Waals surface area contributed by atoms with Crippen LogP contribution in [0.15, 0.2) is 0 Å². The van der Waals surface area contributed by atoms with Gasteiger partial charge < -0.3 is 27.5 Å². The first-order chi connectivity index (χ1) is 12.7. The molecule has 7 heteroatoms. The minimum absolute atomic E-state index is 0.647. The Morgan fingerprint density at radius 1 is 0.462 bits per heavy atom. The van der Waals surface area contributed by atoms with Gasteiger partial charge in [-0.3, -0.25) is 0 Å². The summed E-state index contributed by atoms with van der Waals surface area (Å²) in [7, 11) is 4.37. The monoisotopic (exact) mass is 394 g/mol. The summed E-state index contributed by atoms with van der Waals surface area (Å²) < 4.78 is 32.1. The smallest absolute Gasteiger partial charge is 0.382 e. The summed E-state index contributed by atoms with van der Waals surface area (Å²) in [5, 5.41) is 0. The molecule has 0 amide bonds. The molecule has 6 nitrogen and oxygen atoms in total. The summed E-state index contributed by atoms with van der Waals surface area (Å²) in [5.41, 5.74) is 0. The molecule has 0 spiro atoms. The Bertz CT molecular complexity index is 268. The lowest BCUT2D eigenvalue weighted by atomic mass is 10.1. The van der Waals surface area contributed by atoms with E-state index in [9.17, 15) is 0 Å². The van der Waals surface area contributed by atoms with E-state index in [0.29, 0.717) is 26.4 Å². The molecule has 158 valence electrons. The Morgan fingerprint density at radius 2 is 0.885 bits per heavy atom. The Morgan fingerprint density at radius 3 is 1.38 bits per heavy atom. The molecule has 0 fully saturated rings. The van der Waals surface area contributed by atoms with Crippen molar-refractivity contribution in [3.05, 3.63) is 0 Å². The predicted molar refractivity (Wildman–Crippen MR) is 107 cm³/mol. The molecule has 0 aliphatic carbocycles. The molecule has 0 saturated heterocycles. The van der Waals surface area contributed by atoms with Crippen LogP contribution in [0.3, 0.4) is 0 Å². The van der Waals surface area contributed by atoms with Crippen molar-refractivity contribution in [3.63, 3.8) is 0 Å². The molecule has 0 aliphatic heterocycles. The maximum absolute atomic E-state index is 5.55. The van der Waals surface area contributed by atoms with Gasteiger partial charge in [-0.1, -0.05) is 44.9 Å². The van der Waals surface area contributed by atoms with Gasteiger partial charge in [0.1, 0.15) is 0 Å². The van der Waals surface area contributed by atoms with Gasteiger partial charge in [-0.15, -0.1) is 0 Å². The molecule has 0 unspecified atom stereocenters. The molecule has 0 bridgehead atoms. The van der Waals surface area contributed by atoms with Crippen LogP contribution in [0.5, 0.6) is 0 Å². The van der Waals surface area contributed by atoms with E-state index in [0.717, 1.165) is 25.5 Å². The molecule has 0 radical (unpaired) electrons. The number of hydrogen-bond acceptors (Lipinski definition) is 6. The van der Waals surface area contributed by atoms with Crippen molar-refractivity contribution in [3.8, 4) is 0 Å². The number of methoxy groups -OCH3 is 1. The third-order valence-electron chi connectivity index (χ3n) is 4.51. The highest BCUT2D eigenvalue weighted by Crippen LogP contribution is 2.18. The molecule has 0 aromatic carbocycles. The first-order valence-electron chi connectivity index (χ1n) is 10.0. The summed E-state index contributed by atoms with van der Waals surface area (Å²) in [6.45, 7) is 3.48. The fraction of sp³-hybridized carbons (Fsp3) is 1.00. The fourth-order valence-electron chi connectivity index (χ4n) is 2.80. The van der Waals surface area contributed by atoms with Crippen molar-refractivity contribution in [2.24, 2.45) is 0 Å². The summed E-state index contributed by atoms with van der Waals surface area (Å²) in [6.07, 6.45) is 11.3. The highest BCUT2D eigenvalue weighted by atomic mass is 28.4. The molecule has 0 saturated carbocycles. The van der Waals surface area contributed by atoms with Gasteiger partial charge in [-0.2, -0.15) is 0 Å². The first-order valence-corrected chi connectivity index (χ1v) is 12.0. The van der Waals surface area contributed by atoms with Crippen molar-refractivity contribution in [1.29, 1.82) is 0 Å². The molecular formula is C19H42O6Si. The fourth-order valence-corrected chi connectivity index (χ4v) is 4.60. The van der Waals surface area contributed by atoms with Crippen LogP contribution in [0, 0.1) is 0 Å². The molecule has 0 heterocycles. The van der Waals surface area contributed by atoms with Crippen LogP contribution in [-0.4, -0.2) is 70.3 Å². The maximum Gasteiger partial charge on any atom is 0.500 e. The van der Waals surface area contributed by atoms with Crippen molar-refractivity contribution in [1.82, 2.24) is 0 Å². The second kappa shape index (κ2) is 19.7. The second-order valence-electron chi connectivity index (χ2n) is 6.44. The quantitative estimate of drug-likeness (QED) is 0.216. The Hall–Kier alpha value is -0.0231.